The van der Waals surface area contributed by atoms with Crippen molar-refractivity contribution < 1.29 is 9.90 Å². The summed E-state index contributed by atoms with van der Waals surface area (Å²) in [6.07, 6.45) is 10.7. The van der Waals surface area contributed by atoms with E-state index in [1.165, 1.54) is 31.3 Å². The van der Waals surface area contributed by atoms with Crippen molar-refractivity contribution in [3.05, 3.63) is 11.6 Å². The van der Waals surface area contributed by atoms with Crippen molar-refractivity contribution >= 4 is 5.78 Å². The van der Waals surface area contributed by atoms with Crippen molar-refractivity contribution in [2.75, 3.05) is 0 Å². The molecule has 1 N–H and O–H groups in total. The van der Waals surface area contributed by atoms with Crippen molar-refractivity contribution in [1.82, 2.24) is 0 Å². The van der Waals surface area contributed by atoms with Crippen LogP contribution in [0.5, 0.6) is 0 Å². The molecule has 3 saturated carbocycles. The minimum atomic E-state index is -0.0823. The largest absolute Gasteiger partial charge is 0.393 e. The van der Waals surface area contributed by atoms with Crippen molar-refractivity contribution in [2.24, 2.45) is 28.6 Å². The summed E-state index contributed by atoms with van der Waals surface area (Å²) in [5.41, 5.74) is 1.89. The number of hydrogen-bond donors (Lipinski definition) is 1. The molecule has 3 fully saturated rings. The van der Waals surface area contributed by atoms with E-state index >= 15 is 0 Å². The lowest BCUT2D eigenvalue weighted by molar-refractivity contribution is -0.118. The molecule has 116 valence electrons. The first-order chi connectivity index (χ1) is 9.95. The van der Waals surface area contributed by atoms with Crippen molar-refractivity contribution in [3.63, 3.8) is 0 Å². The minimum Gasteiger partial charge on any atom is -0.393 e. The van der Waals surface area contributed by atoms with Crippen LogP contribution in [0.4, 0.5) is 0 Å². The number of hydrogen-bond acceptors (Lipinski definition) is 2. The van der Waals surface area contributed by atoms with Gasteiger partial charge in [0.25, 0.3) is 0 Å². The van der Waals surface area contributed by atoms with E-state index in [0.717, 1.165) is 37.5 Å². The molecule has 2 heteroatoms. The minimum absolute atomic E-state index is 0.0823. The molecule has 0 aromatic rings. The Morgan fingerprint density at radius 3 is 2.67 bits per heavy atom. The Balaban J connectivity index is 1.69. The predicted octanol–water partition coefficient (Wildman–Crippen LogP) is 3.88. The van der Waals surface area contributed by atoms with Gasteiger partial charge in [0.15, 0.2) is 5.78 Å². The van der Waals surface area contributed by atoms with Gasteiger partial charge in [0, 0.05) is 6.42 Å². The number of fused-ring (bicyclic) bond motifs is 5. The van der Waals surface area contributed by atoms with Gasteiger partial charge in [-0.25, -0.2) is 0 Å². The summed E-state index contributed by atoms with van der Waals surface area (Å²) >= 11 is 0. The maximum atomic E-state index is 11.8. The lowest BCUT2D eigenvalue weighted by atomic mass is 9.47. The molecule has 4 aliphatic rings. The van der Waals surface area contributed by atoms with Crippen LogP contribution in [-0.4, -0.2) is 17.0 Å². The van der Waals surface area contributed by atoms with Gasteiger partial charge in [-0.1, -0.05) is 19.4 Å². The van der Waals surface area contributed by atoms with Gasteiger partial charge in [0.05, 0.1) is 6.10 Å². The summed E-state index contributed by atoms with van der Waals surface area (Å²) in [7, 11) is 0. The molecular formula is C19H28O2. The summed E-state index contributed by atoms with van der Waals surface area (Å²) in [6, 6.07) is 0. The van der Waals surface area contributed by atoms with Gasteiger partial charge < -0.3 is 5.11 Å². The molecule has 21 heavy (non-hydrogen) atoms. The highest BCUT2D eigenvalue weighted by atomic mass is 16.3. The van der Waals surface area contributed by atoms with Gasteiger partial charge in [-0.2, -0.15) is 0 Å². The van der Waals surface area contributed by atoms with Gasteiger partial charge in [0.2, 0.25) is 0 Å². The molecule has 4 aliphatic carbocycles. The van der Waals surface area contributed by atoms with E-state index < -0.39 is 0 Å². The first-order valence-corrected chi connectivity index (χ1v) is 8.87. The molecule has 0 amide bonds. The summed E-state index contributed by atoms with van der Waals surface area (Å²) in [5.74, 6) is 2.57. The summed E-state index contributed by atoms with van der Waals surface area (Å²) in [4.78, 5) is 11.8. The van der Waals surface area contributed by atoms with E-state index in [-0.39, 0.29) is 16.9 Å². The van der Waals surface area contributed by atoms with Gasteiger partial charge in [-0.3, -0.25) is 4.79 Å². The van der Waals surface area contributed by atoms with E-state index in [1.807, 2.05) is 6.08 Å². The number of rotatable bonds is 0. The maximum Gasteiger partial charge on any atom is 0.155 e. The van der Waals surface area contributed by atoms with Gasteiger partial charge in [-0.05, 0) is 79.6 Å². The van der Waals surface area contributed by atoms with Crippen LogP contribution in [0.2, 0.25) is 0 Å². The van der Waals surface area contributed by atoms with Gasteiger partial charge in [0.1, 0.15) is 0 Å². The molecule has 0 aliphatic heterocycles. The second-order valence-corrected chi connectivity index (χ2v) is 8.61. The molecule has 0 radical (unpaired) electrons. The zero-order valence-corrected chi connectivity index (χ0v) is 13.4. The third-order valence-corrected chi connectivity index (χ3v) is 7.91. The Hall–Kier alpha value is -0.630. The number of aliphatic hydroxyl groups is 1. The zero-order chi connectivity index (χ0) is 14.8. The number of carbonyl (C=O) groups excluding carboxylic acids is 1. The third kappa shape index (κ3) is 1.78. The molecule has 0 aromatic carbocycles. The zero-order valence-electron chi connectivity index (χ0n) is 13.4. The van der Waals surface area contributed by atoms with Crippen molar-refractivity contribution in [1.29, 1.82) is 0 Å². The normalized spacial score (nSPS) is 52.7. The molecule has 2 nitrogen and oxygen atoms in total. The number of aliphatic hydroxyl groups excluding tert-OH is 1. The Bertz CT molecular complexity index is 508. The molecule has 0 bridgehead atoms. The number of allylic oxidation sites excluding steroid dienone is 1. The molecule has 0 unspecified atom stereocenters. The second-order valence-electron chi connectivity index (χ2n) is 8.61. The fraction of sp³-hybridized carbons (Fsp3) is 0.842. The highest BCUT2D eigenvalue weighted by Gasteiger charge is 2.58. The molecule has 0 spiro atoms. The van der Waals surface area contributed by atoms with Crippen LogP contribution in [0.3, 0.4) is 0 Å². The van der Waals surface area contributed by atoms with Gasteiger partial charge >= 0.3 is 0 Å². The van der Waals surface area contributed by atoms with Crippen LogP contribution in [0.1, 0.15) is 65.2 Å². The quantitative estimate of drug-likeness (QED) is 0.734. The summed E-state index contributed by atoms with van der Waals surface area (Å²) in [5, 5.41) is 10.4. The van der Waals surface area contributed by atoms with Crippen LogP contribution in [0, 0.1) is 28.6 Å². The lowest BCUT2D eigenvalue weighted by Crippen LogP contribution is -2.51. The molecule has 0 saturated heterocycles. The Morgan fingerprint density at radius 1 is 1.05 bits per heavy atom. The Kier molecular flexibility index (Phi) is 2.96. The van der Waals surface area contributed by atoms with Crippen LogP contribution in [0.15, 0.2) is 11.6 Å². The summed E-state index contributed by atoms with van der Waals surface area (Å²) < 4.78 is 0. The fourth-order valence-electron chi connectivity index (χ4n) is 6.53. The lowest BCUT2D eigenvalue weighted by Gasteiger charge is -2.57. The van der Waals surface area contributed by atoms with E-state index in [2.05, 4.69) is 13.8 Å². The molecule has 4 rings (SSSR count). The van der Waals surface area contributed by atoms with Gasteiger partial charge in [-0.15, -0.1) is 0 Å². The van der Waals surface area contributed by atoms with E-state index in [0.29, 0.717) is 11.7 Å². The van der Waals surface area contributed by atoms with Crippen molar-refractivity contribution in [2.45, 2.75) is 71.3 Å². The maximum absolute atomic E-state index is 11.8. The smallest absolute Gasteiger partial charge is 0.155 e. The standard InChI is InChI=1S/C19H28O2/c1-18-9-7-13(20)11-12(18)3-4-14-15-5-6-17(21)19(15,2)10-8-16(14)18/h11,14-17,21H,3-10H2,1-2H3/t14-,15+,16-,17-,18+,19+/m1/s1. The topological polar surface area (TPSA) is 37.3 Å². The Morgan fingerprint density at radius 2 is 1.86 bits per heavy atom. The highest BCUT2D eigenvalue weighted by molar-refractivity contribution is 5.91. The monoisotopic (exact) mass is 288 g/mol. The van der Waals surface area contributed by atoms with E-state index in [9.17, 15) is 9.90 Å². The van der Waals surface area contributed by atoms with Crippen LogP contribution >= 0.6 is 0 Å². The molecule has 6 atom stereocenters. The fourth-order valence-corrected chi connectivity index (χ4v) is 6.53. The molecule has 0 aromatic heterocycles. The van der Waals surface area contributed by atoms with Crippen LogP contribution < -0.4 is 0 Å². The van der Waals surface area contributed by atoms with Crippen LogP contribution in [0.25, 0.3) is 0 Å². The molecule has 0 heterocycles. The SMILES string of the molecule is C[C@]12CC[C@@H]3[C@H](CCC4=CC(=O)CC[C@@]43C)[C@@H]1CC[C@H]2O. The predicted molar refractivity (Wildman–Crippen MR) is 82.7 cm³/mol. The average molecular weight is 288 g/mol. The summed E-state index contributed by atoms with van der Waals surface area (Å²) in [6.45, 7) is 4.76. The third-order valence-electron chi connectivity index (χ3n) is 7.91. The number of carbonyl (C=O) groups is 1. The van der Waals surface area contributed by atoms with Crippen molar-refractivity contribution in [3.8, 4) is 0 Å². The second kappa shape index (κ2) is 4.44. The molecular weight excluding hydrogens is 260 g/mol. The van der Waals surface area contributed by atoms with E-state index in [1.54, 1.807) is 0 Å². The van der Waals surface area contributed by atoms with E-state index in [4.69, 9.17) is 0 Å². The first-order valence-electron chi connectivity index (χ1n) is 8.87. The highest BCUT2D eigenvalue weighted by Crippen LogP contribution is 2.65. The first kappa shape index (κ1) is 14.0. The average Bonchev–Trinajstić information content (AvgIpc) is 2.76. The van der Waals surface area contributed by atoms with Crippen LogP contribution in [-0.2, 0) is 4.79 Å². The number of ketones is 1. The Labute approximate surface area is 128 Å².